The number of ether oxygens (including phenoxy) is 1. The lowest BCUT2D eigenvalue weighted by molar-refractivity contribution is -0.113. The van der Waals surface area contributed by atoms with Crippen molar-refractivity contribution in [2.24, 2.45) is 0 Å². The van der Waals surface area contributed by atoms with Crippen molar-refractivity contribution in [2.45, 2.75) is 17.0 Å². The van der Waals surface area contributed by atoms with E-state index in [2.05, 4.69) is 20.0 Å². The fourth-order valence-corrected chi connectivity index (χ4v) is 4.32. The molecule has 2 amide bonds. The monoisotopic (exact) mass is 460 g/mol. The maximum atomic E-state index is 12.3. The fourth-order valence-electron chi connectivity index (χ4n) is 2.33. The number of methoxy groups -OCH3 is 1. The zero-order valence-corrected chi connectivity index (χ0v) is 18.8. The Kier molecular flexibility index (Phi) is 8.12. The predicted molar refractivity (Wildman–Crippen MR) is 123 cm³/mol. The minimum atomic E-state index is -0.199. The van der Waals surface area contributed by atoms with E-state index in [1.165, 1.54) is 35.1 Å². The van der Waals surface area contributed by atoms with E-state index in [1.54, 1.807) is 43.5 Å². The summed E-state index contributed by atoms with van der Waals surface area (Å²) in [6.07, 6.45) is 0. The molecular formula is C20H20N4O3S3. The number of aromatic nitrogens is 2. The number of nitrogens with zero attached hydrogens (tertiary/aromatic N) is 2. The van der Waals surface area contributed by atoms with Crippen molar-refractivity contribution in [2.75, 3.05) is 29.2 Å². The molecule has 0 fully saturated rings. The summed E-state index contributed by atoms with van der Waals surface area (Å²) in [4.78, 5) is 29.6. The van der Waals surface area contributed by atoms with E-state index in [4.69, 9.17) is 4.74 Å². The SMILES string of the molecule is CCSc1nsc(NC(=O)CSc2ccc(NC(=O)c3ccc(OC)cc3)cc2)n1. The van der Waals surface area contributed by atoms with Crippen LogP contribution in [0.5, 0.6) is 5.75 Å². The van der Waals surface area contributed by atoms with Crippen LogP contribution in [-0.4, -0.2) is 39.8 Å². The standard InChI is InChI=1S/C20H20N4O3S3/c1-3-28-20-23-19(30-24-20)22-17(25)12-29-16-10-6-14(7-11-16)21-18(26)13-4-8-15(27-2)9-5-13/h4-11H,3,12H2,1-2H3,(H,21,26)(H,22,23,24,25). The molecule has 0 unspecified atom stereocenters. The van der Waals surface area contributed by atoms with Crippen LogP contribution in [0.25, 0.3) is 0 Å². The quantitative estimate of drug-likeness (QED) is 0.449. The van der Waals surface area contributed by atoms with Gasteiger partial charge >= 0.3 is 0 Å². The second kappa shape index (κ2) is 11.0. The van der Waals surface area contributed by atoms with E-state index in [0.29, 0.717) is 27.3 Å². The number of nitrogens with one attached hydrogen (secondary N) is 2. The molecular weight excluding hydrogens is 440 g/mol. The lowest BCUT2D eigenvalue weighted by Gasteiger charge is -2.07. The van der Waals surface area contributed by atoms with E-state index in [9.17, 15) is 9.59 Å². The van der Waals surface area contributed by atoms with Crippen molar-refractivity contribution in [3.8, 4) is 5.75 Å². The van der Waals surface area contributed by atoms with Crippen molar-refractivity contribution >= 4 is 57.7 Å². The summed E-state index contributed by atoms with van der Waals surface area (Å²) in [5.41, 5.74) is 1.22. The normalized spacial score (nSPS) is 10.5. The lowest BCUT2D eigenvalue weighted by Crippen LogP contribution is -2.13. The van der Waals surface area contributed by atoms with Gasteiger partial charge < -0.3 is 10.1 Å². The number of amides is 2. The molecule has 1 heterocycles. The molecule has 10 heteroatoms. The summed E-state index contributed by atoms with van der Waals surface area (Å²) in [5.74, 6) is 1.50. The molecule has 30 heavy (non-hydrogen) atoms. The average molecular weight is 461 g/mol. The highest BCUT2D eigenvalue weighted by Gasteiger charge is 2.10. The number of anilines is 2. The van der Waals surface area contributed by atoms with Crippen molar-refractivity contribution in [3.05, 3.63) is 54.1 Å². The highest BCUT2D eigenvalue weighted by atomic mass is 32.2. The molecule has 1 aromatic heterocycles. The number of thioether (sulfide) groups is 2. The number of hydrogen-bond acceptors (Lipinski definition) is 8. The highest BCUT2D eigenvalue weighted by Crippen LogP contribution is 2.23. The topological polar surface area (TPSA) is 93.2 Å². The fraction of sp³-hybridized carbons (Fsp3) is 0.200. The molecule has 3 aromatic rings. The van der Waals surface area contributed by atoms with Gasteiger partial charge in [-0.1, -0.05) is 18.7 Å². The van der Waals surface area contributed by atoms with Gasteiger partial charge in [0, 0.05) is 27.7 Å². The maximum absolute atomic E-state index is 12.3. The molecule has 0 aliphatic rings. The minimum Gasteiger partial charge on any atom is -0.497 e. The predicted octanol–water partition coefficient (Wildman–Crippen LogP) is 4.64. The third-order valence-corrected chi connectivity index (χ3v) is 6.25. The van der Waals surface area contributed by atoms with Crippen molar-refractivity contribution in [1.29, 1.82) is 0 Å². The van der Waals surface area contributed by atoms with Gasteiger partial charge in [0.1, 0.15) is 5.75 Å². The first-order chi connectivity index (χ1) is 14.6. The smallest absolute Gasteiger partial charge is 0.255 e. The highest BCUT2D eigenvalue weighted by molar-refractivity contribution is 8.00. The van der Waals surface area contributed by atoms with E-state index in [0.717, 1.165) is 10.6 Å². The molecule has 7 nitrogen and oxygen atoms in total. The summed E-state index contributed by atoms with van der Waals surface area (Å²) >= 11 is 4.12. The summed E-state index contributed by atoms with van der Waals surface area (Å²) in [5, 5.41) is 6.80. The van der Waals surface area contributed by atoms with E-state index < -0.39 is 0 Å². The first-order valence-corrected chi connectivity index (χ1v) is 11.8. The molecule has 0 saturated heterocycles. The van der Waals surface area contributed by atoms with Gasteiger partial charge in [-0.3, -0.25) is 14.9 Å². The summed E-state index contributed by atoms with van der Waals surface area (Å²) < 4.78 is 9.27. The summed E-state index contributed by atoms with van der Waals surface area (Å²) in [6, 6.07) is 14.2. The van der Waals surface area contributed by atoms with Crippen molar-refractivity contribution in [3.63, 3.8) is 0 Å². The largest absolute Gasteiger partial charge is 0.497 e. The summed E-state index contributed by atoms with van der Waals surface area (Å²) in [7, 11) is 1.58. The molecule has 0 spiro atoms. The van der Waals surface area contributed by atoms with E-state index in [1.807, 2.05) is 19.1 Å². The Labute approximate surface area is 187 Å². The molecule has 0 atom stereocenters. The van der Waals surface area contributed by atoms with Gasteiger partial charge in [0.05, 0.1) is 12.9 Å². The third-order valence-electron chi connectivity index (χ3n) is 3.76. The second-order valence-electron chi connectivity index (χ2n) is 5.86. The molecule has 156 valence electrons. The molecule has 0 bridgehead atoms. The second-order valence-corrected chi connectivity index (χ2v) is 8.89. The van der Waals surface area contributed by atoms with Crippen LogP contribution < -0.4 is 15.4 Å². The minimum absolute atomic E-state index is 0.138. The Morgan fingerprint density at radius 1 is 1.03 bits per heavy atom. The van der Waals surface area contributed by atoms with Crippen LogP contribution in [0.2, 0.25) is 0 Å². The third kappa shape index (κ3) is 6.48. The molecule has 0 aliphatic heterocycles. The average Bonchev–Trinajstić information content (AvgIpc) is 3.20. The van der Waals surface area contributed by atoms with Gasteiger partial charge in [-0.15, -0.1) is 11.8 Å². The van der Waals surface area contributed by atoms with Crippen LogP contribution in [-0.2, 0) is 4.79 Å². The van der Waals surface area contributed by atoms with Crippen LogP contribution >= 0.6 is 35.1 Å². The summed E-state index contributed by atoms with van der Waals surface area (Å²) in [6.45, 7) is 2.02. The Hall–Kier alpha value is -2.56. The van der Waals surface area contributed by atoms with Gasteiger partial charge in [-0.25, -0.2) is 0 Å². The van der Waals surface area contributed by atoms with Gasteiger partial charge in [0.15, 0.2) is 0 Å². The van der Waals surface area contributed by atoms with Crippen LogP contribution in [0.15, 0.2) is 58.6 Å². The number of carbonyl (C=O) groups excluding carboxylic acids is 2. The molecule has 3 rings (SSSR count). The molecule has 0 aliphatic carbocycles. The van der Waals surface area contributed by atoms with Crippen LogP contribution in [0.1, 0.15) is 17.3 Å². The molecule has 0 saturated carbocycles. The Morgan fingerprint density at radius 3 is 2.43 bits per heavy atom. The number of hydrogen-bond donors (Lipinski definition) is 2. The number of benzene rings is 2. The van der Waals surface area contributed by atoms with Gasteiger partial charge in [-0.05, 0) is 54.3 Å². The van der Waals surface area contributed by atoms with E-state index in [-0.39, 0.29) is 17.6 Å². The number of rotatable bonds is 9. The van der Waals surface area contributed by atoms with Crippen LogP contribution in [0.4, 0.5) is 10.8 Å². The van der Waals surface area contributed by atoms with Gasteiger partial charge in [-0.2, -0.15) is 9.36 Å². The van der Waals surface area contributed by atoms with Crippen LogP contribution in [0.3, 0.4) is 0 Å². The Morgan fingerprint density at radius 2 is 1.77 bits per heavy atom. The lowest BCUT2D eigenvalue weighted by atomic mass is 10.2. The first-order valence-electron chi connectivity index (χ1n) is 9.02. The number of carbonyl (C=O) groups is 2. The zero-order valence-electron chi connectivity index (χ0n) is 16.4. The van der Waals surface area contributed by atoms with Gasteiger partial charge in [0.25, 0.3) is 5.91 Å². The van der Waals surface area contributed by atoms with Crippen molar-refractivity contribution < 1.29 is 14.3 Å². The zero-order chi connectivity index (χ0) is 21.3. The van der Waals surface area contributed by atoms with Crippen LogP contribution in [0, 0.1) is 0 Å². The molecule has 2 N–H and O–H groups in total. The van der Waals surface area contributed by atoms with Crippen molar-refractivity contribution in [1.82, 2.24) is 9.36 Å². The maximum Gasteiger partial charge on any atom is 0.255 e. The van der Waals surface area contributed by atoms with Gasteiger partial charge in [0.2, 0.25) is 16.2 Å². The molecule has 0 radical (unpaired) electrons. The molecule has 2 aromatic carbocycles. The first kappa shape index (κ1) is 22.1. The Balaban J connectivity index is 1.47. The Bertz CT molecular complexity index is 991. The van der Waals surface area contributed by atoms with E-state index >= 15 is 0 Å².